The number of hydrogen-bond donors (Lipinski definition) is 3. The van der Waals surface area contributed by atoms with Crippen molar-refractivity contribution in [2.24, 2.45) is 4.99 Å². The minimum atomic E-state index is -0.293. The fraction of sp³-hybridized carbons (Fsp3) is 0.125. The van der Waals surface area contributed by atoms with Gasteiger partial charge in [0.1, 0.15) is 11.4 Å². The Balaban J connectivity index is 2.11. The third-order valence-corrected chi connectivity index (χ3v) is 3.45. The van der Waals surface area contributed by atoms with Gasteiger partial charge in [-0.1, -0.05) is 30.3 Å². The molecule has 1 aliphatic rings. The van der Waals surface area contributed by atoms with Gasteiger partial charge in [-0.2, -0.15) is 0 Å². The minimum Gasteiger partial charge on any atom is -0.494 e. The fourth-order valence-electron chi connectivity index (χ4n) is 2.39. The molecule has 0 saturated heterocycles. The van der Waals surface area contributed by atoms with E-state index in [0.29, 0.717) is 5.56 Å². The van der Waals surface area contributed by atoms with Crippen molar-refractivity contribution in [3.05, 3.63) is 47.5 Å². The summed E-state index contributed by atoms with van der Waals surface area (Å²) in [7, 11) is 0. The van der Waals surface area contributed by atoms with E-state index in [1.807, 2.05) is 12.1 Å². The fourth-order valence-corrected chi connectivity index (χ4v) is 2.39. The average molecular weight is 298 g/mol. The lowest BCUT2D eigenvalue weighted by Crippen LogP contribution is -2.17. The highest BCUT2D eigenvalue weighted by Crippen LogP contribution is 2.35. The van der Waals surface area contributed by atoms with Gasteiger partial charge in [-0.05, 0) is 11.6 Å². The number of nitrogens with zero attached hydrogens (tertiary/aromatic N) is 2. The van der Waals surface area contributed by atoms with Gasteiger partial charge in [0.2, 0.25) is 11.7 Å². The van der Waals surface area contributed by atoms with Crippen molar-refractivity contribution in [1.29, 1.82) is 0 Å². The lowest BCUT2D eigenvalue weighted by Gasteiger charge is -2.11. The Morgan fingerprint density at radius 1 is 1.14 bits per heavy atom. The molecule has 2 aromatic rings. The van der Waals surface area contributed by atoms with Crippen LogP contribution in [-0.4, -0.2) is 38.0 Å². The van der Waals surface area contributed by atoms with Crippen LogP contribution in [0.3, 0.4) is 0 Å². The molecule has 3 rings (SSSR count). The topological polar surface area (TPSA) is 95.0 Å². The molecular weight excluding hydrogens is 284 g/mol. The van der Waals surface area contributed by atoms with E-state index in [-0.39, 0.29) is 42.1 Å². The van der Waals surface area contributed by atoms with Gasteiger partial charge in [0.15, 0.2) is 5.88 Å². The highest BCUT2D eigenvalue weighted by Gasteiger charge is 2.21. The van der Waals surface area contributed by atoms with Crippen LogP contribution in [0.1, 0.15) is 11.1 Å². The van der Waals surface area contributed by atoms with Crippen molar-refractivity contribution in [3.8, 4) is 11.8 Å². The summed E-state index contributed by atoms with van der Waals surface area (Å²) >= 11 is 0. The Morgan fingerprint density at radius 3 is 2.68 bits per heavy atom. The van der Waals surface area contributed by atoms with Gasteiger partial charge in [0, 0.05) is 11.6 Å². The predicted molar refractivity (Wildman–Crippen MR) is 81.5 cm³/mol. The van der Waals surface area contributed by atoms with E-state index >= 15 is 0 Å². The van der Waals surface area contributed by atoms with Gasteiger partial charge in [0.25, 0.3) is 0 Å². The van der Waals surface area contributed by atoms with Gasteiger partial charge in [-0.25, -0.2) is 4.99 Å². The van der Waals surface area contributed by atoms with Crippen LogP contribution in [0.5, 0.6) is 11.8 Å². The van der Waals surface area contributed by atoms with Crippen LogP contribution >= 0.6 is 0 Å². The van der Waals surface area contributed by atoms with Crippen LogP contribution in [0, 0.1) is 0 Å². The van der Waals surface area contributed by atoms with Crippen molar-refractivity contribution >= 4 is 23.3 Å². The second-order valence-electron chi connectivity index (χ2n) is 4.83. The highest BCUT2D eigenvalue weighted by atomic mass is 16.3. The maximum atomic E-state index is 12.1. The number of aromatic hydroxyl groups is 2. The molecule has 0 saturated carbocycles. The summed E-state index contributed by atoms with van der Waals surface area (Å²) < 4.78 is 1.12. The Morgan fingerprint density at radius 2 is 1.91 bits per heavy atom. The number of ketones is 1. The zero-order valence-corrected chi connectivity index (χ0v) is 11.6. The molecule has 0 radical (unpaired) electrons. The molecule has 0 aliphatic heterocycles. The first kappa shape index (κ1) is 14.1. The molecule has 0 spiro atoms. The maximum absolute atomic E-state index is 12.1. The summed E-state index contributed by atoms with van der Waals surface area (Å²) in [4.78, 5) is 16.3. The number of aliphatic hydroxyl groups excluding tert-OH is 1. The molecule has 1 heterocycles. The molecule has 0 atom stereocenters. The standard InChI is InChI=1S/C16H14N2O4/c19-8-7-18-14(21)9-12(16(18)22)17-15-11-4-2-1-3-10(11)5-6-13(15)20/h1-6,9,19,21-22H,7-8H2. The molecule has 6 nitrogen and oxygen atoms in total. The molecule has 0 unspecified atom stereocenters. The SMILES string of the molecule is O=C1C=Cc2ccccc2C1=Nc1cc(O)n(CCO)c1O. The Labute approximate surface area is 126 Å². The number of benzene rings is 1. The Kier molecular flexibility index (Phi) is 3.52. The van der Waals surface area contributed by atoms with Crippen LogP contribution in [0.2, 0.25) is 0 Å². The zero-order chi connectivity index (χ0) is 15.7. The van der Waals surface area contributed by atoms with E-state index < -0.39 is 0 Å². The Bertz CT molecular complexity index is 802. The molecule has 1 aromatic heterocycles. The van der Waals surface area contributed by atoms with Gasteiger partial charge in [0.05, 0.1) is 13.2 Å². The Hall–Kier alpha value is -2.86. The average Bonchev–Trinajstić information content (AvgIpc) is 2.78. The van der Waals surface area contributed by atoms with Gasteiger partial charge >= 0.3 is 0 Å². The number of aliphatic imine (C=N–C) groups is 1. The van der Waals surface area contributed by atoms with E-state index in [4.69, 9.17) is 5.11 Å². The van der Waals surface area contributed by atoms with Crippen molar-refractivity contribution in [2.45, 2.75) is 6.54 Å². The maximum Gasteiger partial charge on any atom is 0.220 e. The van der Waals surface area contributed by atoms with E-state index in [0.717, 1.165) is 10.1 Å². The second kappa shape index (κ2) is 5.50. The summed E-state index contributed by atoms with van der Waals surface area (Å²) in [6.45, 7) is -0.205. The molecule has 0 bridgehead atoms. The monoisotopic (exact) mass is 298 g/mol. The number of hydrogen-bond acceptors (Lipinski definition) is 5. The number of aromatic nitrogens is 1. The number of allylic oxidation sites excluding steroid dienone is 1. The van der Waals surface area contributed by atoms with Crippen LogP contribution in [-0.2, 0) is 11.3 Å². The van der Waals surface area contributed by atoms with E-state index in [9.17, 15) is 15.0 Å². The number of carbonyl (C=O) groups is 1. The summed E-state index contributed by atoms with van der Waals surface area (Å²) in [5.74, 6) is -0.788. The number of rotatable bonds is 3. The number of carbonyl (C=O) groups excluding carboxylic acids is 1. The van der Waals surface area contributed by atoms with Crippen LogP contribution in [0.25, 0.3) is 6.08 Å². The normalized spacial score (nSPS) is 15.3. The molecule has 1 aliphatic carbocycles. The second-order valence-corrected chi connectivity index (χ2v) is 4.83. The van der Waals surface area contributed by atoms with E-state index in [1.54, 1.807) is 18.2 Å². The number of aliphatic hydroxyl groups is 1. The first-order chi connectivity index (χ1) is 10.6. The molecule has 22 heavy (non-hydrogen) atoms. The predicted octanol–water partition coefficient (Wildman–Crippen LogP) is 1.61. The first-order valence-corrected chi connectivity index (χ1v) is 6.74. The van der Waals surface area contributed by atoms with Crippen LogP contribution in [0.4, 0.5) is 5.69 Å². The highest BCUT2D eigenvalue weighted by molar-refractivity contribution is 6.52. The van der Waals surface area contributed by atoms with Crippen molar-refractivity contribution < 1.29 is 20.1 Å². The summed E-state index contributed by atoms with van der Waals surface area (Å²) in [5.41, 5.74) is 1.82. The minimum absolute atomic E-state index is 0.0347. The van der Waals surface area contributed by atoms with Gasteiger partial charge < -0.3 is 15.3 Å². The largest absolute Gasteiger partial charge is 0.494 e. The molecule has 0 fully saturated rings. The van der Waals surface area contributed by atoms with Gasteiger partial charge in [-0.15, -0.1) is 0 Å². The number of fused-ring (bicyclic) bond motifs is 1. The molecule has 112 valence electrons. The third-order valence-electron chi connectivity index (χ3n) is 3.45. The van der Waals surface area contributed by atoms with Crippen LogP contribution < -0.4 is 0 Å². The van der Waals surface area contributed by atoms with Crippen molar-refractivity contribution in [2.75, 3.05) is 6.61 Å². The molecular formula is C16H14N2O4. The zero-order valence-electron chi connectivity index (χ0n) is 11.6. The van der Waals surface area contributed by atoms with Crippen molar-refractivity contribution in [1.82, 2.24) is 4.57 Å². The van der Waals surface area contributed by atoms with Gasteiger partial charge in [-0.3, -0.25) is 9.36 Å². The van der Waals surface area contributed by atoms with Crippen LogP contribution in [0.15, 0.2) is 41.4 Å². The van der Waals surface area contributed by atoms with E-state index in [1.165, 1.54) is 12.1 Å². The van der Waals surface area contributed by atoms with Crippen molar-refractivity contribution in [3.63, 3.8) is 0 Å². The molecule has 3 N–H and O–H groups in total. The quantitative estimate of drug-likeness (QED) is 0.802. The van der Waals surface area contributed by atoms with E-state index in [2.05, 4.69) is 4.99 Å². The summed E-state index contributed by atoms with van der Waals surface area (Å²) in [5, 5.41) is 28.7. The molecule has 0 amide bonds. The first-order valence-electron chi connectivity index (χ1n) is 6.74. The summed E-state index contributed by atoms with van der Waals surface area (Å²) in [6.07, 6.45) is 3.13. The smallest absolute Gasteiger partial charge is 0.220 e. The lowest BCUT2D eigenvalue weighted by molar-refractivity contribution is -0.108. The molecule has 6 heteroatoms. The lowest BCUT2D eigenvalue weighted by atomic mass is 9.94. The summed E-state index contributed by atoms with van der Waals surface area (Å²) in [6, 6.07) is 8.55. The molecule has 1 aromatic carbocycles. The third kappa shape index (κ3) is 2.29.